The fourth-order valence-corrected chi connectivity index (χ4v) is 2.43. The Hall–Kier alpha value is -1.81. The summed E-state index contributed by atoms with van der Waals surface area (Å²) >= 11 is 5.68. The van der Waals surface area contributed by atoms with Gasteiger partial charge in [0.05, 0.1) is 10.9 Å². The van der Waals surface area contributed by atoms with Gasteiger partial charge in [-0.2, -0.15) is 0 Å². The smallest absolute Gasteiger partial charge is 0.266 e. The summed E-state index contributed by atoms with van der Waals surface area (Å²) in [6.45, 7) is 0.827. The lowest BCUT2D eigenvalue weighted by atomic mass is 10.2. The van der Waals surface area contributed by atoms with Crippen LogP contribution in [-0.4, -0.2) is 19.8 Å². The van der Waals surface area contributed by atoms with Crippen molar-refractivity contribution < 1.29 is 0 Å². The molecule has 0 aliphatic heterocycles. The molecular weight excluding hydrogens is 262 g/mol. The zero-order valence-electron chi connectivity index (χ0n) is 10.4. The van der Waals surface area contributed by atoms with E-state index in [1.54, 1.807) is 10.6 Å². The maximum atomic E-state index is 12.3. The highest BCUT2D eigenvalue weighted by atomic mass is 35.5. The lowest BCUT2D eigenvalue weighted by molar-refractivity contribution is 0.644. The van der Waals surface area contributed by atoms with E-state index in [0.717, 1.165) is 24.9 Å². The number of benzene rings is 1. The third-order valence-corrected chi connectivity index (χ3v) is 3.49. The van der Waals surface area contributed by atoms with E-state index in [0.29, 0.717) is 17.0 Å². The summed E-state index contributed by atoms with van der Waals surface area (Å²) in [7, 11) is 0. The Balaban J connectivity index is 2.15. The predicted molar refractivity (Wildman–Crippen MR) is 76.9 cm³/mol. The first-order valence-electron chi connectivity index (χ1n) is 6.33. The van der Waals surface area contributed by atoms with Gasteiger partial charge < -0.3 is 4.57 Å². The van der Waals surface area contributed by atoms with Gasteiger partial charge in [0.25, 0.3) is 5.56 Å². The average Bonchev–Trinajstić information content (AvgIpc) is 2.83. The number of para-hydroxylation sites is 1. The van der Waals surface area contributed by atoms with Crippen LogP contribution in [0.25, 0.3) is 16.7 Å². The molecule has 98 valence electrons. The molecule has 0 saturated heterocycles. The molecule has 3 aromatic rings. The molecule has 1 aromatic carbocycles. The van der Waals surface area contributed by atoms with Gasteiger partial charge in [-0.05, 0) is 25.0 Å². The zero-order valence-corrected chi connectivity index (χ0v) is 11.2. The number of unbranched alkanes of at least 4 members (excludes halogenated alkanes) is 1. The maximum Gasteiger partial charge on any atom is 0.266 e. The quantitative estimate of drug-likeness (QED) is 0.542. The van der Waals surface area contributed by atoms with Crippen molar-refractivity contribution in [1.29, 1.82) is 0 Å². The van der Waals surface area contributed by atoms with Crippen LogP contribution in [0.1, 0.15) is 12.8 Å². The molecule has 0 amide bonds. The summed E-state index contributed by atoms with van der Waals surface area (Å²) in [5.74, 6) is 1.36. The molecule has 0 aliphatic carbocycles. The summed E-state index contributed by atoms with van der Waals surface area (Å²) in [6, 6.07) is 7.43. The van der Waals surface area contributed by atoms with Crippen molar-refractivity contribution >= 4 is 28.3 Å². The third kappa shape index (κ3) is 2.12. The lowest BCUT2D eigenvalue weighted by Crippen LogP contribution is -2.14. The van der Waals surface area contributed by atoms with Crippen LogP contribution in [-0.2, 0) is 6.54 Å². The molecule has 0 unspecified atom stereocenters. The molecule has 0 saturated carbocycles. The number of rotatable bonds is 4. The fourth-order valence-electron chi connectivity index (χ4n) is 2.24. The molecule has 5 heteroatoms. The molecule has 0 atom stereocenters. The van der Waals surface area contributed by atoms with Crippen molar-refractivity contribution in [3.63, 3.8) is 0 Å². The van der Waals surface area contributed by atoms with Gasteiger partial charge in [-0.3, -0.25) is 9.20 Å². The van der Waals surface area contributed by atoms with Crippen LogP contribution in [0.15, 0.2) is 41.5 Å². The summed E-state index contributed by atoms with van der Waals surface area (Å²) in [4.78, 5) is 16.9. The molecule has 2 aromatic heterocycles. The van der Waals surface area contributed by atoms with E-state index in [1.165, 1.54) is 0 Å². The van der Waals surface area contributed by atoms with Crippen LogP contribution in [0.2, 0.25) is 0 Å². The third-order valence-electron chi connectivity index (χ3n) is 3.22. The topological polar surface area (TPSA) is 39.3 Å². The molecule has 0 radical (unpaired) electrons. The Labute approximate surface area is 115 Å². The molecule has 4 nitrogen and oxygen atoms in total. The number of nitrogens with zero attached hydrogens (tertiary/aromatic N) is 3. The largest absolute Gasteiger partial charge is 0.317 e. The average molecular weight is 276 g/mol. The monoisotopic (exact) mass is 275 g/mol. The summed E-state index contributed by atoms with van der Waals surface area (Å²) in [5, 5.41) is 0.651. The highest BCUT2D eigenvalue weighted by molar-refractivity contribution is 6.17. The molecule has 0 fully saturated rings. The van der Waals surface area contributed by atoms with E-state index in [2.05, 4.69) is 4.98 Å². The van der Waals surface area contributed by atoms with Crippen LogP contribution < -0.4 is 5.56 Å². The van der Waals surface area contributed by atoms with Crippen molar-refractivity contribution in [2.24, 2.45) is 0 Å². The zero-order chi connectivity index (χ0) is 13.2. The standard InChI is InChI=1S/C14H14ClN3O/c15-7-3-4-8-17-9-10-18-13(19)11-5-1-2-6-12(11)16-14(17)18/h1-2,5-6,9-10H,3-4,7-8H2. The van der Waals surface area contributed by atoms with Crippen LogP contribution in [0.3, 0.4) is 0 Å². The second-order valence-electron chi connectivity index (χ2n) is 4.49. The van der Waals surface area contributed by atoms with Crippen LogP contribution in [0, 0.1) is 0 Å². The number of hydrogen-bond acceptors (Lipinski definition) is 2. The minimum Gasteiger partial charge on any atom is -0.317 e. The van der Waals surface area contributed by atoms with Crippen LogP contribution in [0.5, 0.6) is 0 Å². The van der Waals surface area contributed by atoms with E-state index in [9.17, 15) is 4.79 Å². The van der Waals surface area contributed by atoms with Crippen molar-refractivity contribution in [1.82, 2.24) is 14.0 Å². The predicted octanol–water partition coefficient (Wildman–Crippen LogP) is 2.67. The Bertz CT molecular complexity index is 775. The summed E-state index contributed by atoms with van der Waals surface area (Å²) < 4.78 is 3.60. The summed E-state index contributed by atoms with van der Waals surface area (Å²) in [6.07, 6.45) is 5.62. The SMILES string of the molecule is O=c1c2ccccc2nc2n(CCCCCl)ccn12. The number of hydrogen-bond donors (Lipinski definition) is 0. The number of aromatic nitrogens is 3. The first kappa shape index (κ1) is 12.2. The highest BCUT2D eigenvalue weighted by Gasteiger charge is 2.08. The molecule has 2 heterocycles. The van der Waals surface area contributed by atoms with Crippen LogP contribution in [0.4, 0.5) is 0 Å². The highest BCUT2D eigenvalue weighted by Crippen LogP contribution is 2.10. The van der Waals surface area contributed by atoms with Gasteiger partial charge in [-0.15, -0.1) is 11.6 Å². The van der Waals surface area contributed by atoms with Gasteiger partial charge in [0.15, 0.2) is 0 Å². The molecule has 0 spiro atoms. The normalized spacial score (nSPS) is 11.4. The van der Waals surface area contributed by atoms with E-state index < -0.39 is 0 Å². The number of aryl methyl sites for hydroxylation is 1. The Morgan fingerprint density at radius 3 is 2.84 bits per heavy atom. The molecule has 0 bridgehead atoms. The fraction of sp³-hybridized carbons (Fsp3) is 0.286. The number of imidazole rings is 1. The van der Waals surface area contributed by atoms with Gasteiger partial charge in [0.1, 0.15) is 0 Å². The Morgan fingerprint density at radius 2 is 2.00 bits per heavy atom. The van der Waals surface area contributed by atoms with Crippen molar-refractivity contribution in [3.8, 4) is 0 Å². The second-order valence-corrected chi connectivity index (χ2v) is 4.87. The molecule has 0 N–H and O–H groups in total. The number of alkyl halides is 1. The van der Waals surface area contributed by atoms with Crippen molar-refractivity contribution in [3.05, 3.63) is 47.0 Å². The Kier molecular flexibility index (Phi) is 3.25. The van der Waals surface area contributed by atoms with E-state index in [1.807, 2.05) is 35.0 Å². The van der Waals surface area contributed by atoms with Crippen molar-refractivity contribution in [2.45, 2.75) is 19.4 Å². The number of fused-ring (bicyclic) bond motifs is 2. The lowest BCUT2D eigenvalue weighted by Gasteiger charge is -2.04. The first-order chi connectivity index (χ1) is 9.31. The van der Waals surface area contributed by atoms with Gasteiger partial charge in [-0.1, -0.05) is 12.1 Å². The molecule has 19 heavy (non-hydrogen) atoms. The van der Waals surface area contributed by atoms with Gasteiger partial charge >= 0.3 is 0 Å². The first-order valence-corrected chi connectivity index (χ1v) is 6.87. The number of halogens is 1. The van der Waals surface area contributed by atoms with Crippen molar-refractivity contribution in [2.75, 3.05) is 5.88 Å². The van der Waals surface area contributed by atoms with E-state index in [4.69, 9.17) is 11.6 Å². The summed E-state index contributed by atoms with van der Waals surface area (Å²) in [5.41, 5.74) is 0.724. The van der Waals surface area contributed by atoms with Gasteiger partial charge in [0, 0.05) is 24.8 Å². The minimum atomic E-state index is -0.0170. The Morgan fingerprint density at radius 1 is 1.16 bits per heavy atom. The maximum absolute atomic E-state index is 12.3. The van der Waals surface area contributed by atoms with Crippen LogP contribution >= 0.6 is 11.6 Å². The van der Waals surface area contributed by atoms with E-state index in [-0.39, 0.29) is 5.56 Å². The molecule has 0 aliphatic rings. The molecular formula is C14H14ClN3O. The van der Waals surface area contributed by atoms with E-state index >= 15 is 0 Å². The minimum absolute atomic E-state index is 0.0170. The molecule has 3 rings (SSSR count). The second kappa shape index (κ2) is 5.05. The van der Waals surface area contributed by atoms with Gasteiger partial charge in [0.2, 0.25) is 5.78 Å². The van der Waals surface area contributed by atoms with Gasteiger partial charge in [-0.25, -0.2) is 4.98 Å².